The second-order valence-electron chi connectivity index (χ2n) is 3.71. The minimum absolute atomic E-state index is 0.313. The van der Waals surface area contributed by atoms with Crippen molar-refractivity contribution < 1.29 is 0 Å². The van der Waals surface area contributed by atoms with Crippen molar-refractivity contribution in [3.8, 4) is 0 Å². The van der Waals surface area contributed by atoms with Gasteiger partial charge in [-0.05, 0) is 22.4 Å². The highest BCUT2D eigenvalue weighted by Gasteiger charge is 2.19. The fourth-order valence-corrected chi connectivity index (χ4v) is 2.23. The third-order valence-electron chi connectivity index (χ3n) is 2.47. The van der Waals surface area contributed by atoms with Gasteiger partial charge in [-0.2, -0.15) is 5.10 Å². The molecule has 6 heteroatoms. The summed E-state index contributed by atoms with van der Waals surface area (Å²) in [6, 6.07) is -0.313. The molecule has 0 radical (unpaired) electrons. The molecule has 1 atom stereocenters. The lowest BCUT2D eigenvalue weighted by Crippen LogP contribution is -2.19. The Kier molecular flexibility index (Phi) is 3.86. The highest BCUT2D eigenvalue weighted by molar-refractivity contribution is 9.10. The van der Waals surface area contributed by atoms with Gasteiger partial charge in [0, 0.05) is 18.9 Å². The molecule has 2 heterocycles. The summed E-state index contributed by atoms with van der Waals surface area (Å²) >= 11 is 3.47. The number of halogens is 1. The Labute approximate surface area is 108 Å². The molecule has 2 aromatic heterocycles. The monoisotopic (exact) mass is 295 g/mol. The number of rotatable bonds is 4. The van der Waals surface area contributed by atoms with Gasteiger partial charge in [0.15, 0.2) is 0 Å². The van der Waals surface area contributed by atoms with Crippen LogP contribution in [0.15, 0.2) is 29.3 Å². The lowest BCUT2D eigenvalue weighted by molar-refractivity contribution is 0.555. The number of nitrogens with zero attached hydrogens (tertiary/aromatic N) is 4. The minimum Gasteiger partial charge on any atom is -0.318 e. The molecule has 0 fully saturated rings. The van der Waals surface area contributed by atoms with Crippen LogP contribution in [0.2, 0.25) is 0 Å². The van der Waals surface area contributed by atoms with Gasteiger partial charge in [0.25, 0.3) is 0 Å². The van der Waals surface area contributed by atoms with Crippen LogP contribution in [0.25, 0.3) is 0 Å². The maximum absolute atomic E-state index is 6.20. The molecule has 0 saturated carbocycles. The molecular formula is C11H14BrN5. The van der Waals surface area contributed by atoms with E-state index in [0.29, 0.717) is 0 Å². The van der Waals surface area contributed by atoms with Crippen LogP contribution in [0.5, 0.6) is 0 Å². The summed E-state index contributed by atoms with van der Waals surface area (Å²) in [6.45, 7) is 2.95. The highest BCUT2D eigenvalue weighted by Crippen LogP contribution is 2.25. The zero-order valence-electron chi connectivity index (χ0n) is 9.55. The second kappa shape index (κ2) is 5.37. The average molecular weight is 296 g/mol. The average Bonchev–Trinajstić information content (AvgIpc) is 2.71. The van der Waals surface area contributed by atoms with Crippen molar-refractivity contribution >= 4 is 15.9 Å². The zero-order chi connectivity index (χ0) is 12.3. The van der Waals surface area contributed by atoms with Crippen molar-refractivity contribution in [1.82, 2.24) is 19.7 Å². The van der Waals surface area contributed by atoms with Crippen LogP contribution in [-0.4, -0.2) is 19.7 Å². The molecule has 90 valence electrons. The van der Waals surface area contributed by atoms with E-state index in [1.807, 2.05) is 4.68 Å². The summed E-state index contributed by atoms with van der Waals surface area (Å²) in [5.41, 5.74) is 7.88. The number of hydrogen-bond acceptors (Lipinski definition) is 4. The van der Waals surface area contributed by atoms with Gasteiger partial charge in [0.1, 0.15) is 0 Å². The van der Waals surface area contributed by atoms with Crippen LogP contribution in [-0.2, 0) is 6.54 Å². The highest BCUT2D eigenvalue weighted by atomic mass is 79.9. The maximum atomic E-state index is 6.20. The number of aromatic nitrogens is 4. The molecule has 0 aliphatic carbocycles. The first-order valence-electron chi connectivity index (χ1n) is 5.46. The predicted molar refractivity (Wildman–Crippen MR) is 68.3 cm³/mol. The van der Waals surface area contributed by atoms with Gasteiger partial charge in [-0.15, -0.1) is 0 Å². The van der Waals surface area contributed by atoms with E-state index in [1.165, 1.54) is 0 Å². The fourth-order valence-electron chi connectivity index (χ4n) is 1.68. The lowest BCUT2D eigenvalue weighted by Gasteiger charge is -2.13. The quantitative estimate of drug-likeness (QED) is 0.935. The molecule has 5 nitrogen and oxygen atoms in total. The van der Waals surface area contributed by atoms with E-state index in [-0.39, 0.29) is 6.04 Å². The molecule has 0 bridgehead atoms. The van der Waals surface area contributed by atoms with Crippen LogP contribution >= 0.6 is 15.9 Å². The van der Waals surface area contributed by atoms with E-state index in [4.69, 9.17) is 5.73 Å². The van der Waals surface area contributed by atoms with Crippen LogP contribution in [0, 0.1) is 0 Å². The smallest absolute Gasteiger partial charge is 0.0924 e. The Morgan fingerprint density at radius 3 is 2.88 bits per heavy atom. The first-order chi connectivity index (χ1) is 8.24. The molecule has 0 aromatic carbocycles. The van der Waals surface area contributed by atoms with E-state index < -0.39 is 0 Å². The molecule has 0 spiro atoms. The van der Waals surface area contributed by atoms with Crippen LogP contribution in [0.3, 0.4) is 0 Å². The van der Waals surface area contributed by atoms with E-state index in [0.717, 1.165) is 28.8 Å². The Morgan fingerprint density at radius 1 is 1.41 bits per heavy atom. The summed E-state index contributed by atoms with van der Waals surface area (Å²) in [7, 11) is 0. The fraction of sp³-hybridized carbons (Fsp3) is 0.364. The number of hydrogen-bond donors (Lipinski definition) is 1. The Hall–Kier alpha value is -1.27. The molecule has 2 aromatic rings. The molecular weight excluding hydrogens is 282 g/mol. The molecule has 1 unspecified atom stereocenters. The summed E-state index contributed by atoms with van der Waals surface area (Å²) in [4.78, 5) is 8.26. The summed E-state index contributed by atoms with van der Waals surface area (Å²) < 4.78 is 2.81. The van der Waals surface area contributed by atoms with Crippen molar-refractivity contribution in [3.05, 3.63) is 40.6 Å². The van der Waals surface area contributed by atoms with Crippen molar-refractivity contribution in [2.24, 2.45) is 5.73 Å². The van der Waals surface area contributed by atoms with Gasteiger partial charge < -0.3 is 5.73 Å². The van der Waals surface area contributed by atoms with Crippen molar-refractivity contribution in [1.29, 1.82) is 0 Å². The molecule has 2 N–H and O–H groups in total. The van der Waals surface area contributed by atoms with Gasteiger partial charge in [0.05, 0.1) is 34.3 Å². The normalized spacial score (nSPS) is 12.6. The minimum atomic E-state index is -0.313. The van der Waals surface area contributed by atoms with E-state index in [1.54, 1.807) is 24.8 Å². The van der Waals surface area contributed by atoms with Gasteiger partial charge in [-0.3, -0.25) is 14.6 Å². The van der Waals surface area contributed by atoms with Crippen molar-refractivity contribution in [3.63, 3.8) is 0 Å². The molecule has 0 aliphatic heterocycles. The van der Waals surface area contributed by atoms with Gasteiger partial charge in [-0.25, -0.2) is 0 Å². The van der Waals surface area contributed by atoms with E-state index >= 15 is 0 Å². The van der Waals surface area contributed by atoms with Crippen molar-refractivity contribution in [2.75, 3.05) is 0 Å². The van der Waals surface area contributed by atoms with Crippen LogP contribution < -0.4 is 5.73 Å². The molecule has 0 amide bonds. The zero-order valence-corrected chi connectivity index (χ0v) is 11.1. The first-order valence-corrected chi connectivity index (χ1v) is 6.26. The van der Waals surface area contributed by atoms with E-state index in [2.05, 4.69) is 37.9 Å². The number of aryl methyl sites for hydroxylation is 1. The number of nitrogens with two attached hydrogens (primary N) is 1. The largest absolute Gasteiger partial charge is 0.318 e. The second-order valence-corrected chi connectivity index (χ2v) is 4.56. The first kappa shape index (κ1) is 12.2. The summed E-state index contributed by atoms with van der Waals surface area (Å²) in [5.74, 6) is 0. The van der Waals surface area contributed by atoms with Gasteiger partial charge in [0.2, 0.25) is 0 Å². The molecule has 0 saturated heterocycles. The Balaban J connectivity index is 2.36. The SMILES string of the molecule is CCCn1ncc(Br)c1C(N)c1cnccn1. The van der Waals surface area contributed by atoms with Gasteiger partial charge >= 0.3 is 0 Å². The molecule has 2 rings (SSSR count). The third-order valence-corrected chi connectivity index (χ3v) is 3.08. The maximum Gasteiger partial charge on any atom is 0.0924 e. The summed E-state index contributed by atoms with van der Waals surface area (Å²) in [5, 5.41) is 4.29. The molecule has 0 aliphatic rings. The predicted octanol–water partition coefficient (Wildman–Crippen LogP) is 1.89. The standard InChI is InChI=1S/C11H14BrN5/c1-2-5-17-11(8(12)6-16-17)10(13)9-7-14-3-4-15-9/h3-4,6-7,10H,2,5,13H2,1H3. The third kappa shape index (κ3) is 2.53. The van der Waals surface area contributed by atoms with Crippen molar-refractivity contribution in [2.45, 2.75) is 25.9 Å². The van der Waals surface area contributed by atoms with E-state index in [9.17, 15) is 0 Å². The topological polar surface area (TPSA) is 69.6 Å². The Morgan fingerprint density at radius 2 is 2.24 bits per heavy atom. The lowest BCUT2D eigenvalue weighted by atomic mass is 10.1. The van der Waals surface area contributed by atoms with Crippen LogP contribution in [0.1, 0.15) is 30.8 Å². The van der Waals surface area contributed by atoms with Crippen LogP contribution in [0.4, 0.5) is 0 Å². The molecule has 17 heavy (non-hydrogen) atoms. The summed E-state index contributed by atoms with van der Waals surface area (Å²) in [6.07, 6.45) is 7.73. The Bertz CT molecular complexity index is 482. The van der Waals surface area contributed by atoms with Gasteiger partial charge in [-0.1, -0.05) is 6.92 Å².